The van der Waals surface area contributed by atoms with Gasteiger partial charge < -0.3 is 11.5 Å². The van der Waals surface area contributed by atoms with E-state index in [1.165, 1.54) is 10.6 Å². The Bertz CT molecular complexity index is 558. The van der Waals surface area contributed by atoms with Gasteiger partial charge in [0.05, 0.1) is 0 Å². The van der Waals surface area contributed by atoms with Crippen LogP contribution in [0, 0.1) is 0 Å². The van der Waals surface area contributed by atoms with Crippen molar-refractivity contribution in [2.24, 2.45) is 11.5 Å². The lowest BCUT2D eigenvalue weighted by Gasteiger charge is -1.98. The van der Waals surface area contributed by atoms with Gasteiger partial charge in [0.2, 0.25) is 0 Å². The number of fused-ring (bicyclic) bond motifs is 1. The van der Waals surface area contributed by atoms with Crippen LogP contribution >= 0.6 is 0 Å². The maximum absolute atomic E-state index is 11.1. The zero-order chi connectivity index (χ0) is 11.0. The molecular formula is C9H8N4O2. The predicted octanol–water partition coefficient (Wildman–Crippen LogP) is -0.468. The van der Waals surface area contributed by atoms with Crippen LogP contribution < -0.4 is 11.5 Å². The van der Waals surface area contributed by atoms with Gasteiger partial charge in [0, 0.05) is 6.20 Å². The van der Waals surface area contributed by atoms with Crippen molar-refractivity contribution >= 4 is 17.5 Å². The van der Waals surface area contributed by atoms with Gasteiger partial charge in [0.15, 0.2) is 0 Å². The van der Waals surface area contributed by atoms with Crippen molar-refractivity contribution in [3.05, 3.63) is 35.8 Å². The lowest BCUT2D eigenvalue weighted by atomic mass is 10.3. The van der Waals surface area contributed by atoms with Crippen LogP contribution in [-0.2, 0) is 0 Å². The van der Waals surface area contributed by atoms with Crippen molar-refractivity contribution in [3.63, 3.8) is 0 Å². The largest absolute Gasteiger partial charge is 0.364 e. The molecule has 0 saturated heterocycles. The molecule has 0 fully saturated rings. The highest BCUT2D eigenvalue weighted by Gasteiger charge is 2.11. The van der Waals surface area contributed by atoms with Gasteiger partial charge >= 0.3 is 0 Å². The monoisotopic (exact) mass is 204 g/mol. The minimum Gasteiger partial charge on any atom is -0.364 e. The molecule has 0 bridgehead atoms. The topological polar surface area (TPSA) is 103 Å². The van der Waals surface area contributed by atoms with Crippen molar-refractivity contribution < 1.29 is 9.59 Å². The number of hydrogen-bond acceptors (Lipinski definition) is 3. The molecule has 2 heterocycles. The maximum atomic E-state index is 11.1. The molecule has 6 heteroatoms. The molecule has 0 aliphatic carbocycles. The van der Waals surface area contributed by atoms with Crippen LogP contribution in [0.1, 0.15) is 21.0 Å². The zero-order valence-corrected chi connectivity index (χ0v) is 7.68. The summed E-state index contributed by atoms with van der Waals surface area (Å²) < 4.78 is 1.43. The Morgan fingerprint density at radius 1 is 1.20 bits per heavy atom. The second-order valence-corrected chi connectivity index (χ2v) is 2.99. The third kappa shape index (κ3) is 1.41. The summed E-state index contributed by atoms with van der Waals surface area (Å²) in [5, 5.41) is 0. The summed E-state index contributed by atoms with van der Waals surface area (Å²) in [6, 6.07) is 4.83. The molecule has 6 nitrogen and oxygen atoms in total. The van der Waals surface area contributed by atoms with Crippen LogP contribution in [-0.4, -0.2) is 21.2 Å². The number of pyridine rings is 1. The number of hydrogen-bond donors (Lipinski definition) is 2. The smallest absolute Gasteiger partial charge is 0.268 e. The molecule has 2 rings (SSSR count). The van der Waals surface area contributed by atoms with Gasteiger partial charge in [-0.3, -0.25) is 14.0 Å². The number of amides is 2. The van der Waals surface area contributed by atoms with Crippen molar-refractivity contribution in [2.75, 3.05) is 0 Å². The first-order chi connectivity index (χ1) is 7.09. The lowest BCUT2D eigenvalue weighted by Crippen LogP contribution is -2.15. The standard InChI is InChI=1S/C9H8N4O2/c10-8(14)5-4-13-6(9(11)15)2-1-3-7(13)12-5/h1-4H,(H2,10,14)(H2,11,15). The second-order valence-electron chi connectivity index (χ2n) is 2.99. The van der Waals surface area contributed by atoms with E-state index in [4.69, 9.17) is 11.5 Å². The zero-order valence-electron chi connectivity index (χ0n) is 7.68. The molecule has 0 atom stereocenters. The van der Waals surface area contributed by atoms with E-state index >= 15 is 0 Å². The van der Waals surface area contributed by atoms with Gasteiger partial charge in [-0.25, -0.2) is 4.98 Å². The Balaban J connectivity index is 2.75. The van der Waals surface area contributed by atoms with E-state index in [1.807, 2.05) is 0 Å². The summed E-state index contributed by atoms with van der Waals surface area (Å²) in [5.74, 6) is -1.23. The molecule has 0 saturated carbocycles. The van der Waals surface area contributed by atoms with Crippen LogP contribution in [0.2, 0.25) is 0 Å². The van der Waals surface area contributed by atoms with E-state index in [-0.39, 0.29) is 11.4 Å². The fourth-order valence-corrected chi connectivity index (χ4v) is 1.33. The SMILES string of the molecule is NC(=O)c1cn2c(C(N)=O)cccc2n1. The maximum Gasteiger partial charge on any atom is 0.268 e. The molecule has 2 aromatic rings. The minimum absolute atomic E-state index is 0.101. The Labute approximate surface area is 84.5 Å². The molecule has 0 unspecified atom stereocenters. The Morgan fingerprint density at radius 3 is 2.53 bits per heavy atom. The summed E-state index contributed by atoms with van der Waals surface area (Å²) in [5.41, 5.74) is 11.1. The van der Waals surface area contributed by atoms with Crippen molar-refractivity contribution in [1.29, 1.82) is 0 Å². The third-order valence-electron chi connectivity index (χ3n) is 2.00. The van der Waals surface area contributed by atoms with E-state index in [9.17, 15) is 9.59 Å². The number of aromatic nitrogens is 2. The summed E-state index contributed by atoms with van der Waals surface area (Å²) >= 11 is 0. The van der Waals surface area contributed by atoms with Gasteiger partial charge in [0.1, 0.15) is 17.0 Å². The highest BCUT2D eigenvalue weighted by molar-refractivity contribution is 5.94. The second kappa shape index (κ2) is 3.09. The molecule has 0 radical (unpaired) electrons. The molecule has 0 aliphatic rings. The van der Waals surface area contributed by atoms with Gasteiger partial charge in [-0.05, 0) is 12.1 Å². The number of primary amides is 2. The van der Waals surface area contributed by atoms with Crippen LogP contribution in [0.15, 0.2) is 24.4 Å². The van der Waals surface area contributed by atoms with Gasteiger partial charge in [-0.2, -0.15) is 0 Å². The van der Waals surface area contributed by atoms with Gasteiger partial charge in [-0.15, -0.1) is 0 Å². The molecule has 76 valence electrons. The van der Waals surface area contributed by atoms with Crippen molar-refractivity contribution in [1.82, 2.24) is 9.38 Å². The molecular weight excluding hydrogens is 196 g/mol. The molecule has 15 heavy (non-hydrogen) atoms. The Kier molecular flexibility index (Phi) is 1.89. The fourth-order valence-electron chi connectivity index (χ4n) is 1.33. The molecule has 4 N–H and O–H groups in total. The Morgan fingerprint density at radius 2 is 1.93 bits per heavy atom. The number of imidazole rings is 1. The quantitative estimate of drug-likeness (QED) is 0.691. The van der Waals surface area contributed by atoms with E-state index < -0.39 is 11.8 Å². The van der Waals surface area contributed by atoms with E-state index in [2.05, 4.69) is 4.98 Å². The molecule has 0 spiro atoms. The molecule has 2 aromatic heterocycles. The van der Waals surface area contributed by atoms with E-state index in [1.54, 1.807) is 18.2 Å². The fraction of sp³-hybridized carbons (Fsp3) is 0. The summed E-state index contributed by atoms with van der Waals surface area (Å²) in [6.45, 7) is 0. The van der Waals surface area contributed by atoms with E-state index in [0.29, 0.717) is 5.65 Å². The third-order valence-corrected chi connectivity index (χ3v) is 2.00. The Hall–Kier alpha value is -2.37. The summed E-state index contributed by atoms with van der Waals surface area (Å²) in [4.78, 5) is 25.9. The predicted molar refractivity (Wildman–Crippen MR) is 52.2 cm³/mol. The van der Waals surface area contributed by atoms with Gasteiger partial charge in [0.25, 0.3) is 11.8 Å². The number of carbonyl (C=O) groups is 2. The van der Waals surface area contributed by atoms with Crippen LogP contribution in [0.4, 0.5) is 0 Å². The van der Waals surface area contributed by atoms with Gasteiger partial charge in [-0.1, -0.05) is 6.07 Å². The first kappa shape index (κ1) is 9.20. The minimum atomic E-state index is -0.644. The molecule has 0 aliphatic heterocycles. The number of carbonyl (C=O) groups excluding carboxylic acids is 2. The number of nitrogens with zero attached hydrogens (tertiary/aromatic N) is 2. The van der Waals surface area contributed by atoms with Crippen LogP contribution in [0.25, 0.3) is 5.65 Å². The average Bonchev–Trinajstić information content (AvgIpc) is 2.60. The first-order valence-electron chi connectivity index (χ1n) is 4.17. The van der Waals surface area contributed by atoms with Crippen molar-refractivity contribution in [2.45, 2.75) is 0 Å². The van der Waals surface area contributed by atoms with Crippen LogP contribution in [0.3, 0.4) is 0 Å². The summed E-state index contributed by atoms with van der Waals surface area (Å²) in [7, 11) is 0. The van der Waals surface area contributed by atoms with Crippen molar-refractivity contribution in [3.8, 4) is 0 Å². The number of nitrogens with two attached hydrogens (primary N) is 2. The average molecular weight is 204 g/mol. The number of rotatable bonds is 2. The lowest BCUT2D eigenvalue weighted by molar-refractivity contribution is 0.0984. The summed E-state index contributed by atoms with van der Waals surface area (Å²) in [6.07, 6.45) is 1.39. The van der Waals surface area contributed by atoms with E-state index in [0.717, 1.165) is 0 Å². The highest BCUT2D eigenvalue weighted by Crippen LogP contribution is 2.08. The first-order valence-corrected chi connectivity index (χ1v) is 4.17. The molecule has 0 aromatic carbocycles. The molecule has 2 amide bonds. The van der Waals surface area contributed by atoms with Crippen LogP contribution in [0.5, 0.6) is 0 Å². The normalized spacial score (nSPS) is 10.4. The highest BCUT2D eigenvalue weighted by atomic mass is 16.1.